The lowest BCUT2D eigenvalue weighted by molar-refractivity contribution is 0.543. The minimum atomic E-state index is 0.956. The Hall–Kier alpha value is -6.36. The van der Waals surface area contributed by atoms with E-state index in [1.165, 1.54) is 536 Å². The Kier molecular flexibility index (Phi) is 68.0. The van der Waals surface area contributed by atoms with Crippen molar-refractivity contribution in [1.82, 2.24) is 19.9 Å². The number of anilines is 4. The normalized spacial score (nSPS) is 11.8. The van der Waals surface area contributed by atoms with Gasteiger partial charge in [-0.1, -0.05) is 530 Å². The number of thiazole rings is 4. The average Bonchev–Trinajstić information content (AvgIpc) is 2.50. The van der Waals surface area contributed by atoms with Crippen molar-refractivity contribution < 1.29 is 0 Å². The van der Waals surface area contributed by atoms with Crippen LogP contribution in [0.1, 0.15) is 580 Å². The topological polar surface area (TPSA) is 64.5 Å². The van der Waals surface area contributed by atoms with Gasteiger partial charge in [-0.25, -0.2) is 19.9 Å². The van der Waals surface area contributed by atoms with Crippen molar-refractivity contribution in [2.24, 2.45) is 0 Å². The minimum Gasteiger partial charge on any atom is -0.372 e. The standard InChI is InChI=1S/C138H218N8S4/c1-9-17-25-33-41-49-57-65-73-81-107-143(108-82-74-66-58-50-42-34-26-18-10-2)121-97-89-117(90-98-121)135-139-127-115-129-131(141-137(147-129)119-93-101-123(102-94-119)145(111-85-77-69-61-53-45-37-29-21-13-5)112-86-78-70-62-54-46-38-30-22-14-6)125(133(127)149-135)105-106-126-132-130(148-138(142-132)120-95-103-124(104-96-120)146(113-87-79-71-63-55-47-39-31-23-15-7)114-88-80-72-64-56-48-40-32-24-16-8)116-128-134(126)150-136(140-128)118-91-99-122(100-92-118)144(109-83-75-67-59-51-43-35-27-19-11-3)110-84-76-68-60-52-44-36-28-20-12-4/h89-104,115-116H,9-88,107-114H2,1-8H3. The molecule has 6 aromatic carbocycles. The van der Waals surface area contributed by atoms with Crippen molar-refractivity contribution in [3.8, 4) is 54.1 Å². The van der Waals surface area contributed by atoms with Crippen LogP contribution in [0.25, 0.3) is 83.2 Å². The fourth-order valence-electron chi connectivity index (χ4n) is 22.8. The van der Waals surface area contributed by atoms with Crippen LogP contribution in [0.15, 0.2) is 109 Å². The van der Waals surface area contributed by atoms with Crippen LogP contribution in [-0.4, -0.2) is 72.3 Å². The number of hydrogen-bond donors (Lipinski definition) is 0. The lowest BCUT2D eigenvalue weighted by Gasteiger charge is -2.25. The molecule has 0 saturated heterocycles. The van der Waals surface area contributed by atoms with Gasteiger partial charge in [0.2, 0.25) is 0 Å². The van der Waals surface area contributed by atoms with Gasteiger partial charge in [0, 0.05) is 97.4 Å². The van der Waals surface area contributed by atoms with E-state index in [-0.39, 0.29) is 0 Å². The Morgan fingerprint density at radius 3 is 0.480 bits per heavy atom. The number of nitrogens with zero attached hydrogens (tertiary/aromatic N) is 8. The number of unbranched alkanes of at least 4 members (excludes halogenated alkanes) is 72. The first-order valence-electron chi connectivity index (χ1n) is 64.7. The molecule has 0 amide bonds. The summed E-state index contributed by atoms with van der Waals surface area (Å²) in [7, 11) is 0. The number of aromatic nitrogens is 4. The summed E-state index contributed by atoms with van der Waals surface area (Å²) in [6.07, 6.45) is 109. The van der Waals surface area contributed by atoms with Crippen LogP contribution in [0.4, 0.5) is 22.7 Å². The third-order valence-electron chi connectivity index (χ3n) is 32.6. The summed E-state index contributed by atoms with van der Waals surface area (Å²) in [6.45, 7) is 27.6. The molecule has 150 heavy (non-hydrogen) atoms. The highest BCUT2D eigenvalue weighted by atomic mass is 32.1. The number of rotatable bonds is 96. The quantitative estimate of drug-likeness (QED) is 0.0276. The second kappa shape index (κ2) is 81.3. The molecule has 0 aliphatic rings. The van der Waals surface area contributed by atoms with Crippen LogP contribution in [-0.2, 0) is 0 Å². The van der Waals surface area contributed by atoms with Crippen molar-refractivity contribution in [1.29, 1.82) is 0 Å². The number of hydrogen-bond acceptors (Lipinski definition) is 12. The first-order valence-corrected chi connectivity index (χ1v) is 68.0. The van der Waals surface area contributed by atoms with E-state index in [4.69, 9.17) is 19.9 Å². The summed E-state index contributed by atoms with van der Waals surface area (Å²) >= 11 is 7.20. The van der Waals surface area contributed by atoms with Crippen molar-refractivity contribution >= 4 is 109 Å². The predicted molar refractivity (Wildman–Crippen MR) is 677 cm³/mol. The zero-order chi connectivity index (χ0) is 105. The molecular formula is C138H218N8S4. The van der Waals surface area contributed by atoms with Gasteiger partial charge in [0.05, 0.1) is 52.0 Å². The zero-order valence-corrected chi connectivity index (χ0v) is 101. The molecule has 0 saturated carbocycles. The van der Waals surface area contributed by atoms with Crippen molar-refractivity contribution in [3.63, 3.8) is 0 Å². The average molecular weight is 2120 g/mol. The van der Waals surface area contributed by atoms with E-state index in [0.717, 1.165) is 147 Å². The van der Waals surface area contributed by atoms with Crippen LogP contribution in [0.3, 0.4) is 0 Å². The third-order valence-corrected chi connectivity index (χ3v) is 36.9. The molecule has 0 spiro atoms. The Morgan fingerprint density at radius 2 is 0.320 bits per heavy atom. The molecule has 0 radical (unpaired) electrons. The fourth-order valence-corrected chi connectivity index (χ4v) is 26.9. The second-order valence-corrected chi connectivity index (χ2v) is 49.9. The Balaban J connectivity index is 1.02. The fraction of sp³-hybridized carbons (Fsp3) is 0.696. The Morgan fingerprint density at radius 1 is 0.173 bits per heavy atom. The van der Waals surface area contributed by atoms with Crippen LogP contribution >= 0.6 is 45.3 Å². The van der Waals surface area contributed by atoms with Crippen molar-refractivity contribution in [2.45, 2.75) is 569 Å². The van der Waals surface area contributed by atoms with Crippen LogP contribution in [0.2, 0.25) is 0 Å². The van der Waals surface area contributed by atoms with E-state index >= 15 is 0 Å². The van der Waals surface area contributed by atoms with E-state index in [2.05, 4.69) is 196 Å². The smallest absolute Gasteiger partial charge is 0.124 e. The molecule has 12 heteroatoms. The summed E-state index contributed by atoms with van der Waals surface area (Å²) in [4.78, 5) is 34.0. The maximum atomic E-state index is 5.82. The molecule has 0 aliphatic carbocycles. The summed E-state index contributed by atoms with van der Waals surface area (Å²) < 4.78 is 4.44. The third kappa shape index (κ3) is 49.2. The molecule has 4 aromatic heterocycles. The van der Waals surface area contributed by atoms with Crippen molar-refractivity contribution in [2.75, 3.05) is 72.0 Å². The predicted octanol–water partition coefficient (Wildman–Crippen LogP) is 46.8. The highest BCUT2D eigenvalue weighted by molar-refractivity contribution is 7.24. The summed E-state index contributed by atoms with van der Waals surface area (Å²) in [5.41, 5.74) is 15.8. The maximum absolute atomic E-state index is 5.82. The van der Waals surface area contributed by atoms with Gasteiger partial charge < -0.3 is 19.6 Å². The van der Waals surface area contributed by atoms with E-state index < -0.39 is 0 Å². The number of benzene rings is 6. The SMILES string of the molecule is CCCCCCCCCCCCN(CCCCCCCCCCCC)c1ccc(-c2nc3c(C#Cc4c5nc(-c6ccc(N(CCCCCCCCCCCC)CCCCCCCCCCCC)cc6)sc5cc5nc(-c6ccc(N(CCCCCCCCCCCC)CCCCCCCCCCCC)cc6)sc45)c4sc(-c5ccc(N(CCCCCCCCCCCC)CCCCCCCCCCCC)cc5)nc4cc3s2)cc1. The van der Waals surface area contributed by atoms with Crippen LogP contribution in [0, 0.1) is 11.8 Å². The lowest BCUT2D eigenvalue weighted by atomic mass is 10.1. The van der Waals surface area contributed by atoms with Gasteiger partial charge in [0.1, 0.15) is 20.0 Å². The van der Waals surface area contributed by atoms with E-state index in [1.807, 2.05) is 0 Å². The zero-order valence-electron chi connectivity index (χ0n) is 97.8. The van der Waals surface area contributed by atoms with E-state index in [9.17, 15) is 0 Å². The van der Waals surface area contributed by atoms with Gasteiger partial charge in [-0.15, -0.1) is 45.3 Å². The van der Waals surface area contributed by atoms with Gasteiger partial charge in [0.15, 0.2) is 0 Å². The Bertz CT molecular complexity index is 4340. The lowest BCUT2D eigenvalue weighted by Crippen LogP contribution is -2.25. The number of fused-ring (bicyclic) bond motifs is 4. The highest BCUT2D eigenvalue weighted by Gasteiger charge is 2.24. The monoisotopic (exact) mass is 2120 g/mol. The highest BCUT2D eigenvalue weighted by Crippen LogP contribution is 2.45. The Labute approximate surface area is 937 Å². The molecule has 10 rings (SSSR count). The van der Waals surface area contributed by atoms with Gasteiger partial charge >= 0.3 is 0 Å². The first kappa shape index (κ1) is 125. The van der Waals surface area contributed by atoms with Gasteiger partial charge in [0.25, 0.3) is 0 Å². The first-order chi connectivity index (χ1) is 74.3. The molecule has 10 aromatic rings. The molecule has 0 N–H and O–H groups in total. The van der Waals surface area contributed by atoms with Gasteiger partial charge in [-0.3, -0.25) is 0 Å². The maximum Gasteiger partial charge on any atom is 0.124 e. The molecule has 0 atom stereocenters. The van der Waals surface area contributed by atoms with Gasteiger partial charge in [-0.05, 0) is 161 Å². The molecule has 834 valence electrons. The van der Waals surface area contributed by atoms with Crippen molar-refractivity contribution in [3.05, 3.63) is 120 Å². The second-order valence-electron chi connectivity index (χ2n) is 45.8. The summed E-state index contributed by atoms with van der Waals surface area (Å²) in [6, 6.07) is 43.1. The summed E-state index contributed by atoms with van der Waals surface area (Å²) in [5, 5.41) is 4.12. The largest absolute Gasteiger partial charge is 0.372 e. The van der Waals surface area contributed by atoms with Gasteiger partial charge in [-0.2, -0.15) is 0 Å². The molecule has 0 aliphatic heterocycles. The summed E-state index contributed by atoms with van der Waals surface area (Å²) in [5.74, 6) is 8.15. The molecule has 0 bridgehead atoms. The van der Waals surface area contributed by atoms with Crippen LogP contribution < -0.4 is 19.6 Å². The van der Waals surface area contributed by atoms with E-state index in [1.54, 1.807) is 45.3 Å². The van der Waals surface area contributed by atoms with E-state index in [0.29, 0.717) is 0 Å². The molecular weight excluding hydrogens is 1900 g/mol. The molecule has 8 nitrogen and oxygen atoms in total. The molecule has 0 fully saturated rings. The molecule has 4 heterocycles. The van der Waals surface area contributed by atoms with Crippen LogP contribution in [0.5, 0.6) is 0 Å². The minimum absolute atomic E-state index is 0.956. The molecule has 0 unspecified atom stereocenters.